The molecule has 166 valence electrons. The van der Waals surface area contributed by atoms with Gasteiger partial charge in [0, 0.05) is 21.2 Å². The van der Waals surface area contributed by atoms with Gasteiger partial charge >= 0.3 is 0 Å². The fraction of sp³-hybridized carbons (Fsp3) is 0.0435. The lowest BCUT2D eigenvalue weighted by Gasteiger charge is -2.10. The Labute approximate surface area is 198 Å². The predicted molar refractivity (Wildman–Crippen MR) is 123 cm³/mol. The van der Waals surface area contributed by atoms with Crippen molar-refractivity contribution >= 4 is 33.5 Å². The molecule has 0 spiro atoms. The van der Waals surface area contributed by atoms with Crippen LogP contribution >= 0.6 is 22.6 Å². The number of hydrogen-bond acceptors (Lipinski definition) is 4. The largest absolute Gasteiger partial charge is 0.451 e. The molecule has 5 rings (SSSR count). The lowest BCUT2D eigenvalue weighted by atomic mass is 10.1. The van der Waals surface area contributed by atoms with Gasteiger partial charge in [0.2, 0.25) is 0 Å². The van der Waals surface area contributed by atoms with Crippen LogP contribution in [0.2, 0.25) is 0 Å². The molecule has 5 aromatic rings. The average molecular weight is 562 g/mol. The van der Waals surface area contributed by atoms with E-state index in [2.05, 4.69) is 42.8 Å². The Morgan fingerprint density at radius 3 is 2.64 bits per heavy atom. The smallest absolute Gasteiger partial charge is 0.199 e. The van der Waals surface area contributed by atoms with Crippen LogP contribution in [-0.2, 0) is 0 Å². The molecule has 0 aliphatic heterocycles. The first kappa shape index (κ1) is 21.5. The van der Waals surface area contributed by atoms with Crippen LogP contribution < -0.4 is 4.74 Å². The molecule has 0 amide bonds. The molecule has 1 unspecified atom stereocenters. The molecule has 0 radical (unpaired) electrons. The van der Waals surface area contributed by atoms with Crippen molar-refractivity contribution in [2.75, 3.05) is 0 Å². The summed E-state index contributed by atoms with van der Waals surface area (Å²) in [5.74, 6) is -2.90. The molecule has 0 aliphatic rings. The molecule has 0 saturated heterocycles. The van der Waals surface area contributed by atoms with Gasteiger partial charge in [0.05, 0.1) is 11.1 Å². The first-order chi connectivity index (χ1) is 15.9. The van der Waals surface area contributed by atoms with Crippen molar-refractivity contribution in [1.29, 1.82) is 0 Å². The van der Waals surface area contributed by atoms with Crippen LogP contribution in [0.25, 0.3) is 22.3 Å². The van der Waals surface area contributed by atoms with E-state index in [-0.39, 0.29) is 33.9 Å². The zero-order valence-corrected chi connectivity index (χ0v) is 18.8. The van der Waals surface area contributed by atoms with Crippen LogP contribution in [0.4, 0.5) is 13.2 Å². The highest BCUT2D eigenvalue weighted by Gasteiger charge is 2.20. The lowest BCUT2D eigenvalue weighted by Crippen LogP contribution is -2.02. The molecule has 2 aromatic heterocycles. The van der Waals surface area contributed by atoms with E-state index in [0.29, 0.717) is 5.56 Å². The Morgan fingerprint density at radius 1 is 0.970 bits per heavy atom. The topological polar surface area (TPSA) is 86.8 Å². The van der Waals surface area contributed by atoms with Gasteiger partial charge in [-0.2, -0.15) is 0 Å². The number of aliphatic hydroxyl groups excluding tert-OH is 1. The molecule has 3 N–H and O–H groups in total. The third-order valence-electron chi connectivity index (χ3n) is 5.04. The summed E-state index contributed by atoms with van der Waals surface area (Å²) < 4.78 is 50.0. The van der Waals surface area contributed by atoms with E-state index in [1.165, 1.54) is 24.4 Å². The summed E-state index contributed by atoms with van der Waals surface area (Å²) in [5.41, 5.74) is 0.843. The minimum Gasteiger partial charge on any atom is -0.451 e. The Kier molecular flexibility index (Phi) is 5.54. The summed E-state index contributed by atoms with van der Waals surface area (Å²) in [6.45, 7) is 0. The number of fused-ring (bicyclic) bond motifs is 1. The van der Waals surface area contributed by atoms with E-state index >= 15 is 0 Å². The first-order valence-corrected chi connectivity index (χ1v) is 10.8. The van der Waals surface area contributed by atoms with Gasteiger partial charge in [-0.3, -0.25) is 0 Å². The van der Waals surface area contributed by atoms with Crippen LogP contribution in [-0.4, -0.2) is 25.3 Å². The van der Waals surface area contributed by atoms with Gasteiger partial charge in [0.15, 0.2) is 29.0 Å². The summed E-state index contributed by atoms with van der Waals surface area (Å²) in [6.07, 6.45) is 0.388. The Balaban J connectivity index is 1.47. The number of aromatic nitrogens is 4. The van der Waals surface area contributed by atoms with Gasteiger partial charge in [0.1, 0.15) is 17.7 Å². The van der Waals surface area contributed by atoms with E-state index in [9.17, 15) is 18.3 Å². The highest BCUT2D eigenvalue weighted by molar-refractivity contribution is 14.1. The van der Waals surface area contributed by atoms with Gasteiger partial charge in [-0.15, -0.1) is 10.2 Å². The molecule has 0 fully saturated rings. The molecule has 0 saturated carbocycles. The second-order valence-corrected chi connectivity index (χ2v) is 8.45. The molecular weight excluding hydrogens is 548 g/mol. The number of H-pyrrole nitrogens is 2. The highest BCUT2D eigenvalue weighted by atomic mass is 127. The second kappa shape index (κ2) is 8.52. The zero-order valence-electron chi connectivity index (χ0n) is 16.6. The number of nitrogens with zero attached hydrogens (tertiary/aromatic N) is 2. The third-order valence-corrected chi connectivity index (χ3v) is 5.71. The molecule has 0 aliphatic carbocycles. The van der Waals surface area contributed by atoms with Crippen LogP contribution in [0, 0.1) is 21.0 Å². The Hall–Kier alpha value is -3.38. The monoisotopic (exact) mass is 562 g/mol. The van der Waals surface area contributed by atoms with E-state index < -0.39 is 29.3 Å². The Morgan fingerprint density at radius 2 is 1.82 bits per heavy atom. The van der Waals surface area contributed by atoms with E-state index in [0.717, 1.165) is 15.7 Å². The highest BCUT2D eigenvalue weighted by Crippen LogP contribution is 2.34. The number of rotatable bonds is 5. The summed E-state index contributed by atoms with van der Waals surface area (Å²) in [7, 11) is 0. The first-order valence-electron chi connectivity index (χ1n) is 9.69. The van der Waals surface area contributed by atoms with Crippen LogP contribution in [0.1, 0.15) is 17.5 Å². The fourth-order valence-electron chi connectivity index (χ4n) is 3.43. The van der Waals surface area contributed by atoms with Crippen LogP contribution in [0.5, 0.6) is 11.5 Å². The number of halogens is 4. The fourth-order valence-corrected chi connectivity index (χ4v) is 3.99. The molecular formula is C23H14F3IN4O2. The molecule has 2 heterocycles. The van der Waals surface area contributed by atoms with Crippen LogP contribution in [0.3, 0.4) is 0 Å². The number of nitrogens with one attached hydrogen (secondary N) is 2. The van der Waals surface area contributed by atoms with Gasteiger partial charge in [-0.05, 0) is 64.6 Å². The van der Waals surface area contributed by atoms with Crippen molar-refractivity contribution in [3.05, 3.63) is 93.2 Å². The lowest BCUT2D eigenvalue weighted by molar-refractivity contribution is 0.210. The summed E-state index contributed by atoms with van der Waals surface area (Å²) in [6, 6.07) is 13.4. The van der Waals surface area contributed by atoms with Crippen molar-refractivity contribution in [2.24, 2.45) is 0 Å². The maximum absolute atomic E-state index is 14.7. The van der Waals surface area contributed by atoms with Crippen molar-refractivity contribution in [2.45, 2.75) is 6.10 Å². The predicted octanol–water partition coefficient (Wildman–Crippen LogP) is 5.85. The van der Waals surface area contributed by atoms with Gasteiger partial charge < -0.3 is 19.8 Å². The third kappa shape index (κ3) is 4.07. The standard InChI is InChI=1S/C23H14F3IN4O2/c24-16-5-4-13(33-21-17(25)10-18-14(19(21)26)6-7-28-18)9-15(16)22-29-23(31-30-22)20(32)11-2-1-3-12(27)8-11/h1-10,20,28,32H,(H,29,30,31). The quantitative estimate of drug-likeness (QED) is 0.235. The average Bonchev–Trinajstić information content (AvgIpc) is 3.47. The minimum atomic E-state index is -1.10. The van der Waals surface area contributed by atoms with Gasteiger partial charge in [-0.1, -0.05) is 12.1 Å². The maximum Gasteiger partial charge on any atom is 0.199 e. The number of ether oxygens (including phenoxy) is 1. The van der Waals surface area contributed by atoms with E-state index in [1.54, 1.807) is 18.2 Å². The number of benzene rings is 3. The molecule has 1 atom stereocenters. The number of aliphatic hydroxyl groups is 1. The van der Waals surface area contributed by atoms with E-state index in [4.69, 9.17) is 4.74 Å². The molecule has 0 bridgehead atoms. The summed E-state index contributed by atoms with van der Waals surface area (Å²) in [5, 5.41) is 18.6. The molecule has 6 nitrogen and oxygen atoms in total. The Bertz CT molecular complexity index is 1480. The summed E-state index contributed by atoms with van der Waals surface area (Å²) >= 11 is 2.12. The molecule has 33 heavy (non-hydrogen) atoms. The van der Waals surface area contributed by atoms with E-state index in [1.807, 2.05) is 6.07 Å². The SMILES string of the molecule is OC(c1cccc(I)c1)c1nnc(-c2cc(Oc3c(F)cc4[nH]ccc4c3F)ccc2F)[nH]1. The van der Waals surface area contributed by atoms with Crippen LogP contribution in [0.15, 0.2) is 60.8 Å². The molecule has 3 aromatic carbocycles. The van der Waals surface area contributed by atoms with Gasteiger partial charge in [0.25, 0.3) is 0 Å². The molecule has 10 heteroatoms. The van der Waals surface area contributed by atoms with Crippen molar-refractivity contribution in [3.8, 4) is 22.9 Å². The maximum atomic E-state index is 14.7. The second-order valence-electron chi connectivity index (χ2n) is 7.20. The van der Waals surface area contributed by atoms with Crippen molar-refractivity contribution < 1.29 is 23.0 Å². The zero-order chi connectivity index (χ0) is 23.1. The van der Waals surface area contributed by atoms with Gasteiger partial charge in [-0.25, -0.2) is 13.2 Å². The van der Waals surface area contributed by atoms with Crippen molar-refractivity contribution in [1.82, 2.24) is 20.2 Å². The van der Waals surface area contributed by atoms with Crippen molar-refractivity contribution in [3.63, 3.8) is 0 Å². The minimum absolute atomic E-state index is 0.00445. The summed E-state index contributed by atoms with van der Waals surface area (Å²) in [4.78, 5) is 5.53. The normalized spacial score (nSPS) is 12.3. The number of aromatic amines is 2. The number of hydrogen-bond donors (Lipinski definition) is 3.